The Morgan fingerprint density at radius 2 is 2.00 bits per heavy atom. The number of hydrogen-bond donors (Lipinski definition) is 1. The van der Waals surface area contributed by atoms with E-state index in [1.807, 2.05) is 16.9 Å². The smallest absolute Gasteiger partial charge is 0.0716 e. The molecule has 19 heavy (non-hydrogen) atoms. The first-order chi connectivity index (χ1) is 9.33. The fraction of sp³-hybridized carbons (Fsp3) is 0.400. The summed E-state index contributed by atoms with van der Waals surface area (Å²) in [5.74, 6) is 0. The number of methoxy groups -OCH3 is 1. The monoisotopic (exact) mass is 259 g/mol. The summed E-state index contributed by atoms with van der Waals surface area (Å²) >= 11 is 0. The number of ether oxygens (including phenoxy) is 1. The van der Waals surface area contributed by atoms with E-state index in [-0.39, 0.29) is 0 Å². The predicted molar refractivity (Wildman–Crippen MR) is 75.6 cm³/mol. The molecule has 4 nitrogen and oxygen atoms in total. The largest absolute Gasteiger partial charge is 0.380 e. The maximum Gasteiger partial charge on any atom is 0.0716 e. The molecule has 102 valence electrons. The molecule has 1 aromatic carbocycles. The van der Waals surface area contributed by atoms with Crippen LogP contribution in [-0.2, 0) is 31.0 Å². The van der Waals surface area contributed by atoms with E-state index in [0.29, 0.717) is 6.61 Å². The fourth-order valence-corrected chi connectivity index (χ4v) is 2.04. The Labute approximate surface area is 114 Å². The molecule has 0 aliphatic rings. The highest BCUT2D eigenvalue weighted by Gasteiger charge is 2.02. The summed E-state index contributed by atoms with van der Waals surface area (Å²) in [5.41, 5.74) is 3.74. The Kier molecular flexibility index (Phi) is 5.12. The van der Waals surface area contributed by atoms with Crippen LogP contribution in [0, 0.1) is 0 Å². The molecule has 0 fully saturated rings. The zero-order valence-electron chi connectivity index (χ0n) is 11.6. The third kappa shape index (κ3) is 3.91. The maximum atomic E-state index is 5.21. The molecule has 2 aromatic rings. The first-order valence-corrected chi connectivity index (χ1v) is 6.61. The van der Waals surface area contributed by atoms with Crippen LogP contribution in [0.15, 0.2) is 36.7 Å². The Bertz CT molecular complexity index is 508. The highest BCUT2D eigenvalue weighted by atomic mass is 16.5. The van der Waals surface area contributed by atoms with Gasteiger partial charge in [-0.1, -0.05) is 24.3 Å². The van der Waals surface area contributed by atoms with Gasteiger partial charge in [-0.3, -0.25) is 4.68 Å². The lowest BCUT2D eigenvalue weighted by molar-refractivity contribution is 0.184. The number of aromatic nitrogens is 2. The molecule has 4 heteroatoms. The van der Waals surface area contributed by atoms with Crippen molar-refractivity contribution < 1.29 is 4.74 Å². The van der Waals surface area contributed by atoms with E-state index in [1.54, 1.807) is 7.11 Å². The maximum absolute atomic E-state index is 5.21. The number of nitrogens with zero attached hydrogens (tertiary/aromatic N) is 2. The van der Waals surface area contributed by atoms with Crippen molar-refractivity contribution in [3.05, 3.63) is 53.3 Å². The second-order valence-corrected chi connectivity index (χ2v) is 4.51. The molecular formula is C15H21N3O. The predicted octanol–water partition coefficient (Wildman–Crippen LogP) is 2.34. The zero-order chi connectivity index (χ0) is 13.5. The standard InChI is InChI=1S/C15H21N3O/c1-3-18-11-13(9-17-18)8-16-10-14-6-4-5-7-15(14)12-19-2/h4-7,9,11,16H,3,8,10,12H2,1-2H3. The van der Waals surface area contributed by atoms with Crippen molar-refractivity contribution in [3.63, 3.8) is 0 Å². The summed E-state index contributed by atoms with van der Waals surface area (Å²) in [6.45, 7) is 5.34. The molecule has 0 radical (unpaired) electrons. The molecule has 0 spiro atoms. The van der Waals surface area contributed by atoms with Crippen LogP contribution >= 0.6 is 0 Å². The molecule has 0 atom stereocenters. The van der Waals surface area contributed by atoms with Crippen LogP contribution < -0.4 is 5.32 Å². The van der Waals surface area contributed by atoms with E-state index >= 15 is 0 Å². The van der Waals surface area contributed by atoms with Gasteiger partial charge in [0.15, 0.2) is 0 Å². The van der Waals surface area contributed by atoms with E-state index in [1.165, 1.54) is 16.7 Å². The number of benzene rings is 1. The first kappa shape index (κ1) is 13.8. The van der Waals surface area contributed by atoms with Gasteiger partial charge in [-0.15, -0.1) is 0 Å². The second-order valence-electron chi connectivity index (χ2n) is 4.51. The minimum absolute atomic E-state index is 0.658. The Morgan fingerprint density at radius 1 is 1.21 bits per heavy atom. The number of nitrogens with one attached hydrogen (secondary N) is 1. The van der Waals surface area contributed by atoms with Gasteiger partial charge in [0.2, 0.25) is 0 Å². The summed E-state index contributed by atoms with van der Waals surface area (Å²) in [6, 6.07) is 8.35. The van der Waals surface area contributed by atoms with Gasteiger partial charge in [-0.05, 0) is 18.1 Å². The molecule has 1 aromatic heterocycles. The van der Waals surface area contributed by atoms with Crippen molar-refractivity contribution in [3.8, 4) is 0 Å². The van der Waals surface area contributed by atoms with E-state index in [4.69, 9.17) is 4.74 Å². The summed E-state index contributed by atoms with van der Waals surface area (Å²) in [5, 5.41) is 7.71. The summed E-state index contributed by atoms with van der Waals surface area (Å²) in [7, 11) is 1.73. The van der Waals surface area contributed by atoms with Crippen LogP contribution in [0.3, 0.4) is 0 Å². The van der Waals surface area contributed by atoms with Crippen molar-refractivity contribution in [2.45, 2.75) is 33.2 Å². The molecule has 0 aliphatic heterocycles. The number of aryl methyl sites for hydroxylation is 1. The van der Waals surface area contributed by atoms with Gasteiger partial charge in [0.25, 0.3) is 0 Å². The third-order valence-electron chi connectivity index (χ3n) is 3.07. The van der Waals surface area contributed by atoms with E-state index in [9.17, 15) is 0 Å². The number of rotatable bonds is 7. The van der Waals surface area contributed by atoms with Crippen LogP contribution in [0.2, 0.25) is 0 Å². The van der Waals surface area contributed by atoms with Crippen LogP contribution in [0.4, 0.5) is 0 Å². The molecule has 0 saturated carbocycles. The minimum atomic E-state index is 0.658. The van der Waals surface area contributed by atoms with Crippen molar-refractivity contribution >= 4 is 0 Å². The lowest BCUT2D eigenvalue weighted by Crippen LogP contribution is -2.13. The molecular weight excluding hydrogens is 238 g/mol. The van der Waals surface area contributed by atoms with Crippen molar-refractivity contribution in [1.29, 1.82) is 0 Å². The van der Waals surface area contributed by atoms with Gasteiger partial charge in [0.05, 0.1) is 12.8 Å². The topological polar surface area (TPSA) is 39.1 Å². The molecule has 2 rings (SSSR count). The highest BCUT2D eigenvalue weighted by molar-refractivity contribution is 5.26. The summed E-state index contributed by atoms with van der Waals surface area (Å²) in [6.07, 6.45) is 3.99. The van der Waals surface area contributed by atoms with Gasteiger partial charge in [0, 0.05) is 38.5 Å². The average Bonchev–Trinajstić information content (AvgIpc) is 2.89. The molecule has 0 aliphatic carbocycles. The van der Waals surface area contributed by atoms with Crippen molar-refractivity contribution in [2.75, 3.05) is 7.11 Å². The average molecular weight is 259 g/mol. The molecule has 0 amide bonds. The lowest BCUT2D eigenvalue weighted by atomic mass is 10.1. The van der Waals surface area contributed by atoms with Crippen LogP contribution in [0.25, 0.3) is 0 Å². The van der Waals surface area contributed by atoms with Gasteiger partial charge in [-0.2, -0.15) is 5.10 Å². The van der Waals surface area contributed by atoms with E-state index in [0.717, 1.165) is 19.6 Å². The van der Waals surface area contributed by atoms with Gasteiger partial charge >= 0.3 is 0 Å². The molecule has 0 saturated heterocycles. The molecule has 1 heterocycles. The van der Waals surface area contributed by atoms with Crippen molar-refractivity contribution in [1.82, 2.24) is 15.1 Å². The minimum Gasteiger partial charge on any atom is -0.380 e. The van der Waals surface area contributed by atoms with Gasteiger partial charge in [-0.25, -0.2) is 0 Å². The molecule has 0 unspecified atom stereocenters. The Hall–Kier alpha value is -1.65. The Morgan fingerprint density at radius 3 is 2.68 bits per heavy atom. The quantitative estimate of drug-likeness (QED) is 0.829. The van der Waals surface area contributed by atoms with Gasteiger partial charge < -0.3 is 10.1 Å². The van der Waals surface area contributed by atoms with Gasteiger partial charge in [0.1, 0.15) is 0 Å². The normalized spacial score (nSPS) is 10.8. The number of hydrogen-bond acceptors (Lipinski definition) is 3. The van der Waals surface area contributed by atoms with Crippen LogP contribution in [-0.4, -0.2) is 16.9 Å². The third-order valence-corrected chi connectivity index (χ3v) is 3.07. The summed E-state index contributed by atoms with van der Waals surface area (Å²) in [4.78, 5) is 0. The fourth-order valence-electron chi connectivity index (χ4n) is 2.04. The lowest BCUT2D eigenvalue weighted by Gasteiger charge is -2.09. The van der Waals surface area contributed by atoms with E-state index < -0.39 is 0 Å². The molecule has 1 N–H and O–H groups in total. The van der Waals surface area contributed by atoms with E-state index in [2.05, 4.69) is 41.7 Å². The SMILES string of the molecule is CCn1cc(CNCc2ccccc2COC)cn1. The second kappa shape index (κ2) is 7.07. The zero-order valence-corrected chi connectivity index (χ0v) is 11.6. The molecule has 0 bridgehead atoms. The van der Waals surface area contributed by atoms with Crippen molar-refractivity contribution in [2.24, 2.45) is 0 Å². The van der Waals surface area contributed by atoms with Crippen LogP contribution in [0.1, 0.15) is 23.6 Å². The summed E-state index contributed by atoms with van der Waals surface area (Å²) < 4.78 is 7.15. The Balaban J connectivity index is 1.88. The highest BCUT2D eigenvalue weighted by Crippen LogP contribution is 2.10. The van der Waals surface area contributed by atoms with Crippen LogP contribution in [0.5, 0.6) is 0 Å². The first-order valence-electron chi connectivity index (χ1n) is 6.61.